The number of rotatable bonds is 6. The first-order valence-corrected chi connectivity index (χ1v) is 6.06. The molecule has 0 aromatic carbocycles. The van der Waals surface area contributed by atoms with Gasteiger partial charge in [0.05, 0.1) is 13.7 Å². The van der Waals surface area contributed by atoms with E-state index in [1.165, 1.54) is 7.11 Å². The zero-order valence-corrected chi connectivity index (χ0v) is 10.3. The number of aliphatic hydroxyl groups excluding tert-OH is 1. The summed E-state index contributed by atoms with van der Waals surface area (Å²) in [5.74, 6) is -0.940. The number of aliphatic hydroxyl groups is 1. The van der Waals surface area contributed by atoms with Gasteiger partial charge in [-0.2, -0.15) is 0 Å². The number of thiophene rings is 1. The maximum Gasteiger partial charge on any atom is 0.336 e. The first kappa shape index (κ1) is 13.7. The third-order valence-electron chi connectivity index (χ3n) is 2.14. The number of esters is 1. The zero-order chi connectivity index (χ0) is 12.7. The molecule has 1 aromatic heterocycles. The highest BCUT2D eigenvalue weighted by Crippen LogP contribution is 2.10. The van der Waals surface area contributed by atoms with Gasteiger partial charge in [0.25, 0.3) is 0 Å². The molecule has 94 valence electrons. The van der Waals surface area contributed by atoms with Gasteiger partial charge in [-0.25, -0.2) is 4.79 Å². The lowest BCUT2D eigenvalue weighted by atomic mass is 10.2. The summed E-state index contributed by atoms with van der Waals surface area (Å²) in [7, 11) is 1.18. The highest BCUT2D eigenvalue weighted by Gasteiger charge is 2.15. The number of hydrogen-bond donors (Lipinski definition) is 2. The van der Waals surface area contributed by atoms with Gasteiger partial charge in [-0.1, -0.05) is 6.07 Å². The van der Waals surface area contributed by atoms with Crippen LogP contribution >= 0.6 is 11.3 Å². The number of carbonyl (C=O) groups excluding carboxylic acids is 2. The third-order valence-corrected chi connectivity index (χ3v) is 3.08. The second-order valence-electron chi connectivity index (χ2n) is 3.42. The molecule has 0 fully saturated rings. The number of hydrogen-bond acceptors (Lipinski definition) is 5. The van der Waals surface area contributed by atoms with Crippen LogP contribution in [-0.4, -0.2) is 36.7 Å². The van der Waals surface area contributed by atoms with E-state index in [4.69, 9.17) is 0 Å². The molecule has 1 rings (SSSR count). The van der Waals surface area contributed by atoms with Crippen LogP contribution in [0.4, 0.5) is 0 Å². The summed E-state index contributed by atoms with van der Waals surface area (Å²) in [6.45, 7) is -0.115. The first-order valence-electron chi connectivity index (χ1n) is 5.18. The van der Waals surface area contributed by atoms with E-state index >= 15 is 0 Å². The number of ether oxygens (including phenoxy) is 1. The Hall–Kier alpha value is -1.40. The van der Waals surface area contributed by atoms with Crippen LogP contribution in [0.2, 0.25) is 0 Å². The van der Waals surface area contributed by atoms with Gasteiger partial charge in [-0.3, -0.25) is 4.79 Å². The van der Waals surface area contributed by atoms with Crippen molar-refractivity contribution in [1.29, 1.82) is 0 Å². The monoisotopic (exact) mass is 257 g/mol. The van der Waals surface area contributed by atoms with E-state index in [1.807, 2.05) is 17.5 Å². The Labute approximate surface area is 103 Å². The molecule has 0 bridgehead atoms. The van der Waals surface area contributed by atoms with Crippen LogP contribution in [0, 0.1) is 0 Å². The van der Waals surface area contributed by atoms with Crippen LogP contribution in [-0.2, 0) is 20.7 Å². The summed E-state index contributed by atoms with van der Waals surface area (Å²) in [5, 5.41) is 13.7. The lowest BCUT2D eigenvalue weighted by Crippen LogP contribution is -2.37. The van der Waals surface area contributed by atoms with Gasteiger partial charge in [-0.15, -0.1) is 11.3 Å². The minimum Gasteiger partial charge on any atom is -0.467 e. The highest BCUT2D eigenvalue weighted by atomic mass is 32.1. The number of aryl methyl sites for hydroxylation is 1. The van der Waals surface area contributed by atoms with Gasteiger partial charge in [0, 0.05) is 11.3 Å². The maximum atomic E-state index is 11.4. The lowest BCUT2D eigenvalue weighted by molar-refractivity contribution is -0.150. The second kappa shape index (κ2) is 7.03. The molecule has 0 radical (unpaired) electrons. The predicted molar refractivity (Wildman–Crippen MR) is 63.7 cm³/mol. The van der Waals surface area contributed by atoms with E-state index in [9.17, 15) is 14.7 Å². The molecule has 1 aromatic rings. The topological polar surface area (TPSA) is 75.6 Å². The quantitative estimate of drug-likeness (QED) is 0.720. The van der Waals surface area contributed by atoms with E-state index in [0.717, 1.165) is 4.88 Å². The number of nitrogens with one attached hydrogen (secondary N) is 1. The third kappa shape index (κ3) is 4.97. The van der Waals surface area contributed by atoms with Crippen molar-refractivity contribution in [2.75, 3.05) is 13.7 Å². The molecule has 1 amide bonds. The van der Waals surface area contributed by atoms with Gasteiger partial charge in [0.15, 0.2) is 6.10 Å². The predicted octanol–water partition coefficient (Wildman–Crippen LogP) is 0.331. The molecular formula is C11H15NO4S. The molecule has 1 heterocycles. The largest absolute Gasteiger partial charge is 0.467 e. The Morgan fingerprint density at radius 1 is 1.59 bits per heavy atom. The highest BCUT2D eigenvalue weighted by molar-refractivity contribution is 7.09. The van der Waals surface area contributed by atoms with Crippen LogP contribution < -0.4 is 5.32 Å². The smallest absolute Gasteiger partial charge is 0.336 e. The lowest BCUT2D eigenvalue weighted by Gasteiger charge is -2.09. The minimum atomic E-state index is -1.30. The molecule has 0 aliphatic carbocycles. The fourth-order valence-corrected chi connectivity index (χ4v) is 1.92. The van der Waals surface area contributed by atoms with Crippen molar-refractivity contribution in [1.82, 2.24) is 5.32 Å². The summed E-state index contributed by atoms with van der Waals surface area (Å²) in [6, 6.07) is 3.89. The molecule has 0 aliphatic heterocycles. The van der Waals surface area contributed by atoms with Crippen LogP contribution in [0.15, 0.2) is 17.5 Å². The average molecular weight is 257 g/mol. The molecule has 0 saturated carbocycles. The average Bonchev–Trinajstić information content (AvgIpc) is 2.85. The number of amides is 1. The molecule has 17 heavy (non-hydrogen) atoms. The van der Waals surface area contributed by atoms with Crippen molar-refractivity contribution in [3.8, 4) is 0 Å². The van der Waals surface area contributed by atoms with Crippen molar-refractivity contribution >= 4 is 23.2 Å². The molecule has 0 spiro atoms. The zero-order valence-electron chi connectivity index (χ0n) is 9.51. The number of methoxy groups -OCH3 is 1. The molecule has 5 nitrogen and oxygen atoms in total. The van der Waals surface area contributed by atoms with Gasteiger partial charge in [-0.05, 0) is 17.9 Å². The summed E-state index contributed by atoms with van der Waals surface area (Å²) in [5.41, 5.74) is 0. The molecule has 2 N–H and O–H groups in total. The van der Waals surface area contributed by atoms with E-state index in [2.05, 4.69) is 10.1 Å². The van der Waals surface area contributed by atoms with Crippen LogP contribution in [0.1, 0.15) is 11.3 Å². The van der Waals surface area contributed by atoms with Crippen LogP contribution in [0.25, 0.3) is 0 Å². The molecule has 0 saturated heterocycles. The molecule has 0 aliphatic rings. The van der Waals surface area contributed by atoms with Gasteiger partial charge >= 0.3 is 5.97 Å². The fraction of sp³-hybridized carbons (Fsp3) is 0.455. The van der Waals surface area contributed by atoms with Crippen molar-refractivity contribution in [3.05, 3.63) is 22.4 Å². The molecule has 1 atom stereocenters. The molecule has 1 unspecified atom stereocenters. The Bertz CT molecular complexity index is 364. The Balaban J connectivity index is 2.19. The normalized spacial score (nSPS) is 11.9. The van der Waals surface area contributed by atoms with Crippen molar-refractivity contribution in [2.45, 2.75) is 18.9 Å². The first-order chi connectivity index (χ1) is 8.13. The van der Waals surface area contributed by atoms with Crippen molar-refractivity contribution in [3.63, 3.8) is 0 Å². The van der Waals surface area contributed by atoms with Crippen LogP contribution in [0.3, 0.4) is 0 Å². The summed E-state index contributed by atoms with van der Waals surface area (Å²) in [4.78, 5) is 23.4. The van der Waals surface area contributed by atoms with Crippen LogP contribution in [0.5, 0.6) is 0 Å². The van der Waals surface area contributed by atoms with E-state index in [0.29, 0.717) is 12.8 Å². The number of carbonyl (C=O) groups is 2. The van der Waals surface area contributed by atoms with E-state index < -0.39 is 12.1 Å². The van der Waals surface area contributed by atoms with Gasteiger partial charge < -0.3 is 15.2 Å². The minimum absolute atomic E-state index is 0.115. The summed E-state index contributed by atoms with van der Waals surface area (Å²) >= 11 is 1.59. The summed E-state index contributed by atoms with van der Waals surface area (Å²) in [6.07, 6.45) is -0.294. The van der Waals surface area contributed by atoms with Gasteiger partial charge in [0.1, 0.15) is 0 Å². The summed E-state index contributed by atoms with van der Waals surface area (Å²) < 4.78 is 4.32. The maximum absolute atomic E-state index is 11.4. The Kier molecular flexibility index (Phi) is 5.65. The van der Waals surface area contributed by atoms with E-state index in [1.54, 1.807) is 11.3 Å². The standard InChI is InChI=1S/C11H15NO4S/c1-16-11(15)9(13)7-12-10(14)5-4-8-3-2-6-17-8/h2-3,6,9,13H,4-5,7H2,1H3,(H,12,14). The Morgan fingerprint density at radius 2 is 2.35 bits per heavy atom. The Morgan fingerprint density at radius 3 is 2.94 bits per heavy atom. The SMILES string of the molecule is COC(=O)C(O)CNC(=O)CCc1cccs1. The fourth-order valence-electron chi connectivity index (χ4n) is 1.21. The van der Waals surface area contributed by atoms with Gasteiger partial charge in [0.2, 0.25) is 5.91 Å². The van der Waals surface area contributed by atoms with Crippen molar-refractivity contribution in [2.24, 2.45) is 0 Å². The van der Waals surface area contributed by atoms with Crippen molar-refractivity contribution < 1.29 is 19.4 Å². The molecule has 6 heteroatoms. The van der Waals surface area contributed by atoms with E-state index in [-0.39, 0.29) is 12.5 Å². The molecular weight excluding hydrogens is 242 g/mol. The second-order valence-corrected chi connectivity index (χ2v) is 4.45.